The first-order chi connectivity index (χ1) is 13.4. The van der Waals surface area contributed by atoms with E-state index in [1.807, 2.05) is 0 Å². The van der Waals surface area contributed by atoms with Gasteiger partial charge >= 0.3 is 5.97 Å². The Morgan fingerprint density at radius 1 is 1.21 bits per heavy atom. The number of nitrogens with zero attached hydrogens (tertiary/aromatic N) is 5. The second-order valence-corrected chi connectivity index (χ2v) is 6.07. The van der Waals surface area contributed by atoms with Gasteiger partial charge in [0.2, 0.25) is 11.7 Å². The fourth-order valence-corrected chi connectivity index (χ4v) is 2.62. The Kier molecular flexibility index (Phi) is 5.44. The molecule has 0 aliphatic carbocycles. The topological polar surface area (TPSA) is 90.2 Å². The van der Waals surface area contributed by atoms with Crippen LogP contribution in [0.3, 0.4) is 0 Å². The van der Waals surface area contributed by atoms with Crippen LogP contribution < -0.4 is 4.90 Å². The lowest BCUT2D eigenvalue weighted by molar-refractivity contribution is -0.119. The Morgan fingerprint density at radius 3 is 2.68 bits per heavy atom. The zero-order valence-corrected chi connectivity index (χ0v) is 15.6. The van der Waals surface area contributed by atoms with Gasteiger partial charge in [-0.3, -0.25) is 4.79 Å². The molecular weight excluding hydrogens is 365 g/mol. The van der Waals surface area contributed by atoms with Crippen LogP contribution in [-0.4, -0.2) is 46.2 Å². The molecule has 0 N–H and O–H groups in total. The second-order valence-electron chi connectivity index (χ2n) is 6.07. The summed E-state index contributed by atoms with van der Waals surface area (Å²) in [5.74, 6) is -0.926. The van der Waals surface area contributed by atoms with Crippen LogP contribution in [0.25, 0.3) is 11.4 Å². The van der Waals surface area contributed by atoms with Crippen molar-refractivity contribution in [2.45, 2.75) is 13.5 Å². The SMILES string of the molecule is COC(=O)c1ccccc1N(C)C(=O)Cn1nnc(-c2ccc(F)c(C)c2)n1. The summed E-state index contributed by atoms with van der Waals surface area (Å²) in [6.07, 6.45) is 0. The number of hydrogen-bond acceptors (Lipinski definition) is 6. The quantitative estimate of drug-likeness (QED) is 0.628. The number of esters is 1. The molecule has 3 aromatic rings. The molecule has 1 heterocycles. The fraction of sp³-hybridized carbons (Fsp3) is 0.211. The maximum absolute atomic E-state index is 13.4. The molecule has 8 nitrogen and oxygen atoms in total. The third-order valence-electron chi connectivity index (χ3n) is 4.19. The van der Waals surface area contributed by atoms with E-state index in [2.05, 4.69) is 15.4 Å². The molecule has 0 bridgehead atoms. The average molecular weight is 383 g/mol. The highest BCUT2D eigenvalue weighted by Crippen LogP contribution is 2.21. The Hall–Kier alpha value is -3.62. The van der Waals surface area contributed by atoms with Gasteiger partial charge < -0.3 is 9.64 Å². The minimum Gasteiger partial charge on any atom is -0.465 e. The van der Waals surface area contributed by atoms with Crippen molar-refractivity contribution in [2.75, 3.05) is 19.1 Å². The number of carbonyl (C=O) groups excluding carboxylic acids is 2. The van der Waals surface area contributed by atoms with Gasteiger partial charge in [0.1, 0.15) is 12.4 Å². The number of likely N-dealkylation sites (N-methyl/N-ethyl adjacent to an activating group) is 1. The van der Waals surface area contributed by atoms with Crippen molar-refractivity contribution in [3.05, 3.63) is 59.4 Å². The monoisotopic (exact) mass is 383 g/mol. The number of tetrazole rings is 1. The summed E-state index contributed by atoms with van der Waals surface area (Å²) in [4.78, 5) is 27.0. The number of halogens is 1. The van der Waals surface area contributed by atoms with Gasteiger partial charge in [0.25, 0.3) is 0 Å². The maximum Gasteiger partial charge on any atom is 0.339 e. The van der Waals surface area contributed by atoms with E-state index in [0.717, 1.165) is 4.80 Å². The van der Waals surface area contributed by atoms with Gasteiger partial charge in [0, 0.05) is 12.6 Å². The molecule has 9 heteroatoms. The molecule has 3 rings (SSSR count). The van der Waals surface area contributed by atoms with Crippen molar-refractivity contribution in [1.82, 2.24) is 20.2 Å². The lowest BCUT2D eigenvalue weighted by atomic mass is 10.1. The highest BCUT2D eigenvalue weighted by molar-refractivity contribution is 6.02. The standard InChI is InChI=1S/C19H18FN5O3/c1-12-10-13(8-9-15(12)20)18-21-23-25(22-18)11-17(26)24(2)16-7-5-4-6-14(16)19(27)28-3/h4-10H,11H2,1-3H3. The van der Waals surface area contributed by atoms with E-state index in [-0.39, 0.29) is 29.7 Å². The molecule has 0 saturated carbocycles. The Labute approximate surface area is 160 Å². The van der Waals surface area contributed by atoms with Crippen LogP contribution in [-0.2, 0) is 16.1 Å². The normalized spacial score (nSPS) is 10.6. The third-order valence-corrected chi connectivity index (χ3v) is 4.19. The number of amides is 1. The van der Waals surface area contributed by atoms with Crippen molar-refractivity contribution < 1.29 is 18.7 Å². The second kappa shape index (κ2) is 7.95. The molecule has 0 unspecified atom stereocenters. The van der Waals surface area contributed by atoms with E-state index in [1.165, 1.54) is 18.1 Å². The average Bonchev–Trinajstić information content (AvgIpc) is 3.17. The van der Waals surface area contributed by atoms with Crippen LogP contribution >= 0.6 is 0 Å². The zero-order chi connectivity index (χ0) is 20.3. The molecule has 0 atom stereocenters. The first-order valence-electron chi connectivity index (χ1n) is 8.39. The maximum atomic E-state index is 13.4. The largest absolute Gasteiger partial charge is 0.465 e. The lowest BCUT2D eigenvalue weighted by Crippen LogP contribution is -2.32. The summed E-state index contributed by atoms with van der Waals surface area (Å²) in [5, 5.41) is 12.0. The van der Waals surface area contributed by atoms with Gasteiger partial charge in [0.15, 0.2) is 0 Å². The summed E-state index contributed by atoms with van der Waals surface area (Å²) < 4.78 is 18.2. The Morgan fingerprint density at radius 2 is 1.96 bits per heavy atom. The molecule has 1 aromatic heterocycles. The fourth-order valence-electron chi connectivity index (χ4n) is 2.62. The Balaban J connectivity index is 1.78. The molecule has 0 spiro atoms. The molecule has 0 aliphatic rings. The summed E-state index contributed by atoms with van der Waals surface area (Å²) in [6, 6.07) is 11.1. The van der Waals surface area contributed by atoms with E-state index >= 15 is 0 Å². The molecule has 0 saturated heterocycles. The molecular formula is C19H18FN5O3. The van der Waals surface area contributed by atoms with Crippen LogP contribution in [0, 0.1) is 12.7 Å². The number of hydrogen-bond donors (Lipinski definition) is 0. The van der Waals surface area contributed by atoms with E-state index in [1.54, 1.807) is 50.4 Å². The predicted molar refractivity (Wildman–Crippen MR) is 99.1 cm³/mol. The van der Waals surface area contributed by atoms with Crippen molar-refractivity contribution in [1.29, 1.82) is 0 Å². The molecule has 0 fully saturated rings. The van der Waals surface area contributed by atoms with Crippen LogP contribution in [0.2, 0.25) is 0 Å². The number of anilines is 1. The smallest absolute Gasteiger partial charge is 0.339 e. The van der Waals surface area contributed by atoms with Crippen molar-refractivity contribution in [2.24, 2.45) is 0 Å². The summed E-state index contributed by atoms with van der Waals surface area (Å²) >= 11 is 0. The lowest BCUT2D eigenvalue weighted by Gasteiger charge is -2.19. The number of benzene rings is 2. The van der Waals surface area contributed by atoms with Gasteiger partial charge in [-0.25, -0.2) is 9.18 Å². The van der Waals surface area contributed by atoms with Crippen LogP contribution in [0.15, 0.2) is 42.5 Å². The van der Waals surface area contributed by atoms with Crippen LogP contribution in [0.5, 0.6) is 0 Å². The number of methoxy groups -OCH3 is 1. The van der Waals surface area contributed by atoms with Crippen molar-refractivity contribution >= 4 is 17.6 Å². The first kappa shape index (κ1) is 19.2. The summed E-state index contributed by atoms with van der Waals surface area (Å²) in [6.45, 7) is 1.46. The van der Waals surface area contributed by atoms with E-state index in [4.69, 9.17) is 4.74 Å². The zero-order valence-electron chi connectivity index (χ0n) is 15.6. The number of para-hydroxylation sites is 1. The van der Waals surface area contributed by atoms with E-state index in [0.29, 0.717) is 16.8 Å². The summed E-state index contributed by atoms with van der Waals surface area (Å²) in [5.41, 5.74) is 1.75. The van der Waals surface area contributed by atoms with Crippen LogP contribution in [0.4, 0.5) is 10.1 Å². The van der Waals surface area contributed by atoms with Gasteiger partial charge in [-0.2, -0.15) is 4.80 Å². The van der Waals surface area contributed by atoms with E-state index in [9.17, 15) is 14.0 Å². The highest BCUT2D eigenvalue weighted by atomic mass is 19.1. The first-order valence-corrected chi connectivity index (χ1v) is 8.39. The van der Waals surface area contributed by atoms with Gasteiger partial charge in [-0.1, -0.05) is 12.1 Å². The van der Waals surface area contributed by atoms with Gasteiger partial charge in [0.05, 0.1) is 18.4 Å². The number of aryl methyl sites for hydroxylation is 1. The molecule has 2 aromatic carbocycles. The third kappa shape index (κ3) is 3.88. The number of carbonyl (C=O) groups is 2. The van der Waals surface area contributed by atoms with Gasteiger partial charge in [-0.15, -0.1) is 10.2 Å². The number of aromatic nitrogens is 4. The van der Waals surface area contributed by atoms with Crippen molar-refractivity contribution in [3.8, 4) is 11.4 Å². The van der Waals surface area contributed by atoms with Gasteiger partial charge in [-0.05, 0) is 48.0 Å². The predicted octanol–water partition coefficient (Wildman–Crippen LogP) is 2.24. The summed E-state index contributed by atoms with van der Waals surface area (Å²) in [7, 11) is 2.82. The highest BCUT2D eigenvalue weighted by Gasteiger charge is 2.20. The molecule has 144 valence electrons. The van der Waals surface area contributed by atoms with Crippen LogP contribution in [0.1, 0.15) is 15.9 Å². The minimum atomic E-state index is -0.539. The molecule has 28 heavy (non-hydrogen) atoms. The number of rotatable bonds is 5. The molecule has 0 aliphatic heterocycles. The molecule has 0 radical (unpaired) electrons. The Bertz CT molecular complexity index is 1030. The van der Waals surface area contributed by atoms with Crippen molar-refractivity contribution in [3.63, 3.8) is 0 Å². The van der Waals surface area contributed by atoms with E-state index < -0.39 is 5.97 Å². The minimum absolute atomic E-state index is 0.181. The number of ether oxygens (including phenoxy) is 1. The molecule has 1 amide bonds.